The number of aryl methyl sites for hydroxylation is 2. The molecule has 0 radical (unpaired) electrons. The number of oxazole rings is 1. The minimum atomic E-state index is -0.329. The summed E-state index contributed by atoms with van der Waals surface area (Å²) in [7, 11) is 0. The van der Waals surface area contributed by atoms with Crippen LogP contribution in [0.15, 0.2) is 47.0 Å². The number of aromatic nitrogens is 2. The molecule has 116 valence electrons. The van der Waals surface area contributed by atoms with E-state index in [1.54, 1.807) is 18.2 Å². The third kappa shape index (κ3) is 3.40. The van der Waals surface area contributed by atoms with Crippen LogP contribution in [0.25, 0.3) is 11.5 Å². The van der Waals surface area contributed by atoms with Crippen molar-refractivity contribution >= 4 is 23.2 Å². The Morgan fingerprint density at radius 2 is 2.04 bits per heavy atom. The summed E-state index contributed by atoms with van der Waals surface area (Å²) in [6.45, 7) is 3.75. The van der Waals surface area contributed by atoms with E-state index in [-0.39, 0.29) is 11.6 Å². The van der Waals surface area contributed by atoms with Gasteiger partial charge in [-0.1, -0.05) is 17.7 Å². The molecule has 0 saturated carbocycles. The van der Waals surface area contributed by atoms with Crippen molar-refractivity contribution in [2.24, 2.45) is 0 Å². The highest BCUT2D eigenvalue weighted by atomic mass is 35.5. The minimum absolute atomic E-state index is 0.255. The van der Waals surface area contributed by atoms with Gasteiger partial charge >= 0.3 is 0 Å². The number of anilines is 1. The van der Waals surface area contributed by atoms with Crippen LogP contribution in [-0.2, 0) is 0 Å². The summed E-state index contributed by atoms with van der Waals surface area (Å²) >= 11 is 5.87. The van der Waals surface area contributed by atoms with Crippen molar-refractivity contribution in [2.75, 3.05) is 5.32 Å². The first-order valence-electron chi connectivity index (χ1n) is 7.00. The molecule has 0 bridgehead atoms. The number of rotatable bonds is 3. The van der Waals surface area contributed by atoms with Crippen LogP contribution in [0.1, 0.15) is 21.9 Å². The second-order valence-corrected chi connectivity index (χ2v) is 5.49. The van der Waals surface area contributed by atoms with Gasteiger partial charge in [0.1, 0.15) is 11.5 Å². The number of nitrogens with one attached hydrogen (secondary N) is 1. The molecule has 0 aliphatic carbocycles. The Labute approximate surface area is 138 Å². The summed E-state index contributed by atoms with van der Waals surface area (Å²) in [5, 5.41) is 3.25. The maximum atomic E-state index is 12.2. The molecule has 1 N–H and O–H groups in total. The standard InChI is InChI=1S/C17H14ClN3O2/c1-10-11(2)23-17(20-10)12-4-3-5-14(8-12)21-16(22)15-9-13(18)6-7-19-15/h3-9H,1-2H3,(H,21,22). The number of carbonyl (C=O) groups excluding carboxylic acids is 1. The van der Waals surface area contributed by atoms with E-state index in [0.29, 0.717) is 16.6 Å². The second kappa shape index (κ2) is 6.22. The molecule has 1 amide bonds. The van der Waals surface area contributed by atoms with Gasteiger partial charge in [0.05, 0.1) is 5.69 Å². The van der Waals surface area contributed by atoms with Gasteiger partial charge in [-0.2, -0.15) is 0 Å². The first kappa shape index (κ1) is 15.2. The number of nitrogens with zero attached hydrogens (tertiary/aromatic N) is 2. The molecule has 0 unspecified atom stereocenters. The molecule has 3 aromatic rings. The van der Waals surface area contributed by atoms with Crippen LogP contribution < -0.4 is 5.32 Å². The van der Waals surface area contributed by atoms with Crippen molar-refractivity contribution in [3.8, 4) is 11.5 Å². The Kier molecular flexibility index (Phi) is 4.12. The Morgan fingerprint density at radius 1 is 1.22 bits per heavy atom. The van der Waals surface area contributed by atoms with E-state index in [1.165, 1.54) is 12.3 Å². The highest BCUT2D eigenvalue weighted by Gasteiger charge is 2.11. The fourth-order valence-corrected chi connectivity index (χ4v) is 2.21. The lowest BCUT2D eigenvalue weighted by Gasteiger charge is -2.06. The zero-order valence-corrected chi connectivity index (χ0v) is 13.4. The van der Waals surface area contributed by atoms with Gasteiger partial charge in [0.2, 0.25) is 5.89 Å². The summed E-state index contributed by atoms with van der Waals surface area (Å²) in [6, 6.07) is 10.4. The lowest BCUT2D eigenvalue weighted by atomic mass is 10.2. The smallest absolute Gasteiger partial charge is 0.274 e. The van der Waals surface area contributed by atoms with Gasteiger partial charge in [-0.15, -0.1) is 0 Å². The van der Waals surface area contributed by atoms with Crippen LogP contribution in [0.5, 0.6) is 0 Å². The van der Waals surface area contributed by atoms with E-state index in [1.807, 2.05) is 26.0 Å². The van der Waals surface area contributed by atoms with Gasteiger partial charge in [-0.25, -0.2) is 4.98 Å². The third-order valence-corrected chi connectivity index (χ3v) is 3.59. The molecule has 3 rings (SSSR count). The predicted octanol–water partition coefficient (Wildman–Crippen LogP) is 4.26. The van der Waals surface area contributed by atoms with E-state index in [2.05, 4.69) is 15.3 Å². The third-order valence-electron chi connectivity index (χ3n) is 3.35. The van der Waals surface area contributed by atoms with Gasteiger partial charge < -0.3 is 9.73 Å². The van der Waals surface area contributed by atoms with Gasteiger partial charge in [0.25, 0.3) is 5.91 Å². The van der Waals surface area contributed by atoms with E-state index in [0.717, 1.165) is 17.0 Å². The molecule has 0 saturated heterocycles. The lowest BCUT2D eigenvalue weighted by Crippen LogP contribution is -2.13. The Morgan fingerprint density at radius 3 is 2.74 bits per heavy atom. The van der Waals surface area contributed by atoms with Crippen molar-refractivity contribution in [1.82, 2.24) is 9.97 Å². The minimum Gasteiger partial charge on any atom is -0.441 e. The maximum absolute atomic E-state index is 12.2. The fraction of sp³-hybridized carbons (Fsp3) is 0.118. The summed E-state index contributed by atoms with van der Waals surface area (Å²) in [6.07, 6.45) is 1.49. The monoisotopic (exact) mass is 327 g/mol. The van der Waals surface area contributed by atoms with Gasteiger partial charge in [0, 0.05) is 22.5 Å². The molecular weight excluding hydrogens is 314 g/mol. The van der Waals surface area contributed by atoms with Crippen LogP contribution in [0.4, 0.5) is 5.69 Å². The number of pyridine rings is 1. The predicted molar refractivity (Wildman–Crippen MR) is 88.6 cm³/mol. The molecule has 6 heteroatoms. The molecule has 0 aliphatic heterocycles. The topological polar surface area (TPSA) is 68.0 Å². The lowest BCUT2D eigenvalue weighted by molar-refractivity contribution is 0.102. The van der Waals surface area contributed by atoms with Crippen LogP contribution >= 0.6 is 11.6 Å². The molecule has 5 nitrogen and oxygen atoms in total. The zero-order valence-electron chi connectivity index (χ0n) is 12.6. The molecule has 23 heavy (non-hydrogen) atoms. The van der Waals surface area contributed by atoms with Crippen LogP contribution in [0, 0.1) is 13.8 Å². The molecule has 0 fully saturated rings. The van der Waals surface area contributed by atoms with Crippen LogP contribution in [0.2, 0.25) is 5.02 Å². The summed E-state index contributed by atoms with van der Waals surface area (Å²) < 4.78 is 5.61. The van der Waals surface area contributed by atoms with Gasteiger partial charge in [0.15, 0.2) is 0 Å². The van der Waals surface area contributed by atoms with Crippen LogP contribution in [-0.4, -0.2) is 15.9 Å². The summed E-state index contributed by atoms with van der Waals surface area (Å²) in [4.78, 5) is 20.6. The number of halogens is 1. The largest absolute Gasteiger partial charge is 0.441 e. The molecule has 1 aromatic carbocycles. The second-order valence-electron chi connectivity index (χ2n) is 5.05. The molecule has 2 aromatic heterocycles. The van der Waals surface area contributed by atoms with Crippen molar-refractivity contribution < 1.29 is 9.21 Å². The average molecular weight is 328 g/mol. The number of hydrogen-bond donors (Lipinski definition) is 1. The van der Waals surface area contributed by atoms with Gasteiger partial charge in [-0.05, 0) is 44.2 Å². The fourth-order valence-electron chi connectivity index (χ4n) is 2.05. The SMILES string of the molecule is Cc1nc(-c2cccc(NC(=O)c3cc(Cl)ccn3)c2)oc1C. The van der Waals surface area contributed by atoms with Gasteiger partial charge in [-0.3, -0.25) is 9.78 Å². The highest BCUT2D eigenvalue weighted by molar-refractivity contribution is 6.30. The Hall–Kier alpha value is -2.66. The van der Waals surface area contributed by atoms with Crippen molar-refractivity contribution in [3.63, 3.8) is 0 Å². The average Bonchev–Trinajstić information content (AvgIpc) is 2.87. The number of benzene rings is 1. The van der Waals surface area contributed by atoms with E-state index in [4.69, 9.17) is 16.0 Å². The summed E-state index contributed by atoms with van der Waals surface area (Å²) in [5.41, 5.74) is 2.52. The molecule has 0 spiro atoms. The van der Waals surface area contributed by atoms with Crippen LogP contribution in [0.3, 0.4) is 0 Å². The molecule has 0 aliphatic rings. The Bertz CT molecular complexity index is 854. The van der Waals surface area contributed by atoms with Crippen molar-refractivity contribution in [3.05, 3.63) is 64.8 Å². The molecular formula is C17H14ClN3O2. The zero-order chi connectivity index (χ0) is 16.4. The summed E-state index contributed by atoms with van der Waals surface area (Å²) in [5.74, 6) is 0.971. The highest BCUT2D eigenvalue weighted by Crippen LogP contribution is 2.24. The quantitative estimate of drug-likeness (QED) is 0.780. The number of hydrogen-bond acceptors (Lipinski definition) is 4. The molecule has 2 heterocycles. The normalized spacial score (nSPS) is 10.6. The Balaban J connectivity index is 1.84. The number of carbonyl (C=O) groups is 1. The first-order chi connectivity index (χ1) is 11.0. The molecule has 0 atom stereocenters. The number of amides is 1. The van der Waals surface area contributed by atoms with E-state index >= 15 is 0 Å². The van der Waals surface area contributed by atoms with E-state index < -0.39 is 0 Å². The van der Waals surface area contributed by atoms with Crippen molar-refractivity contribution in [2.45, 2.75) is 13.8 Å². The van der Waals surface area contributed by atoms with Crippen molar-refractivity contribution in [1.29, 1.82) is 0 Å². The first-order valence-corrected chi connectivity index (χ1v) is 7.38. The van der Waals surface area contributed by atoms with E-state index in [9.17, 15) is 4.79 Å². The maximum Gasteiger partial charge on any atom is 0.274 e.